The second-order valence-electron chi connectivity index (χ2n) is 16.3. The van der Waals surface area contributed by atoms with Crippen LogP contribution in [0.4, 0.5) is 0 Å². The molecular formula is C42H67NO16. The van der Waals surface area contributed by atoms with E-state index in [2.05, 4.69) is 0 Å². The highest BCUT2D eigenvalue weighted by molar-refractivity contribution is 5.72. The van der Waals surface area contributed by atoms with E-state index in [0.29, 0.717) is 12.7 Å². The van der Waals surface area contributed by atoms with Crippen molar-refractivity contribution in [2.45, 2.75) is 179 Å². The summed E-state index contributed by atoms with van der Waals surface area (Å²) in [5.74, 6) is -3.49. The van der Waals surface area contributed by atoms with Crippen molar-refractivity contribution >= 4 is 30.2 Å². The van der Waals surface area contributed by atoms with Crippen molar-refractivity contribution in [1.29, 1.82) is 0 Å². The molecule has 0 aromatic rings. The highest BCUT2D eigenvalue weighted by atomic mass is 16.7. The van der Waals surface area contributed by atoms with E-state index in [1.807, 2.05) is 13.0 Å². The van der Waals surface area contributed by atoms with Gasteiger partial charge in [0.1, 0.15) is 48.5 Å². The number of cyclic esters (lactones) is 1. The summed E-state index contributed by atoms with van der Waals surface area (Å²) in [6, 6.07) is -0.800. The summed E-state index contributed by atoms with van der Waals surface area (Å²) in [7, 11) is 4.83. The molecular weight excluding hydrogens is 774 g/mol. The van der Waals surface area contributed by atoms with Gasteiger partial charge in [-0.15, -0.1) is 0 Å². The van der Waals surface area contributed by atoms with Gasteiger partial charge in [-0.05, 0) is 66.1 Å². The van der Waals surface area contributed by atoms with E-state index < -0.39 is 127 Å². The first-order valence-corrected chi connectivity index (χ1v) is 20.4. The molecule has 0 radical (unpaired) electrons. The van der Waals surface area contributed by atoms with Gasteiger partial charge in [0.05, 0.1) is 30.8 Å². The number of esters is 4. The largest absolute Gasteiger partial charge is 0.462 e. The molecule has 0 spiro atoms. The lowest BCUT2D eigenvalue weighted by Gasteiger charge is -2.50. The number of aliphatic hydroxyl groups excluding tert-OH is 1. The van der Waals surface area contributed by atoms with E-state index in [-0.39, 0.29) is 25.7 Å². The minimum atomic E-state index is -1.50. The van der Waals surface area contributed by atoms with Crippen molar-refractivity contribution in [1.82, 2.24) is 4.90 Å². The van der Waals surface area contributed by atoms with Gasteiger partial charge < -0.3 is 62.5 Å². The number of carbonyl (C=O) groups is 5. The number of rotatable bonds is 12. The topological polar surface area (TPSA) is 212 Å². The maximum atomic E-state index is 13.3. The Balaban J connectivity index is 2.07. The molecule has 17 heteroatoms. The van der Waals surface area contributed by atoms with Crippen LogP contribution in [0.2, 0.25) is 0 Å². The third-order valence-electron chi connectivity index (χ3n) is 10.9. The van der Waals surface area contributed by atoms with Gasteiger partial charge in [0.15, 0.2) is 18.7 Å². The molecule has 3 aliphatic rings. The minimum absolute atomic E-state index is 0.0589. The average molecular weight is 842 g/mol. The van der Waals surface area contributed by atoms with Gasteiger partial charge >= 0.3 is 23.9 Å². The van der Waals surface area contributed by atoms with Gasteiger partial charge in [-0.1, -0.05) is 32.1 Å². The molecule has 0 amide bonds. The minimum Gasteiger partial charge on any atom is -0.462 e. The first-order chi connectivity index (χ1) is 27.7. The number of carbonyl (C=O) groups excluding carboxylic acids is 5. The van der Waals surface area contributed by atoms with E-state index in [1.165, 1.54) is 27.9 Å². The van der Waals surface area contributed by atoms with Gasteiger partial charge in [-0.25, -0.2) is 0 Å². The number of hydrogen-bond acceptors (Lipinski definition) is 17. The first-order valence-electron chi connectivity index (χ1n) is 20.4. The molecule has 0 bridgehead atoms. The van der Waals surface area contributed by atoms with Gasteiger partial charge in [-0.2, -0.15) is 0 Å². The fourth-order valence-electron chi connectivity index (χ4n) is 8.12. The number of ether oxygens (including phenoxy) is 9. The Morgan fingerprint density at radius 2 is 1.64 bits per heavy atom. The van der Waals surface area contributed by atoms with Crippen molar-refractivity contribution in [3.8, 4) is 0 Å². The molecule has 2 N–H and O–H groups in total. The Hall–Kier alpha value is -3.29. The molecule has 2 fully saturated rings. The Morgan fingerprint density at radius 3 is 2.22 bits per heavy atom. The molecule has 3 heterocycles. The quantitative estimate of drug-likeness (QED) is 0.164. The summed E-state index contributed by atoms with van der Waals surface area (Å²) in [5, 5.41) is 23.4. The van der Waals surface area contributed by atoms with E-state index in [4.69, 9.17) is 42.6 Å². The zero-order valence-electron chi connectivity index (χ0n) is 36.3. The molecule has 3 rings (SSSR count). The Labute approximate surface area is 347 Å². The van der Waals surface area contributed by atoms with Crippen molar-refractivity contribution in [2.24, 2.45) is 11.8 Å². The summed E-state index contributed by atoms with van der Waals surface area (Å²) < 4.78 is 54.1. The third-order valence-corrected chi connectivity index (χ3v) is 10.9. The Morgan fingerprint density at radius 1 is 0.966 bits per heavy atom. The fraction of sp³-hybridized carbons (Fsp3) is 0.786. The van der Waals surface area contributed by atoms with Crippen LogP contribution in [-0.4, -0.2) is 152 Å². The van der Waals surface area contributed by atoms with Crippen LogP contribution in [0.5, 0.6) is 0 Å². The van der Waals surface area contributed by atoms with Crippen LogP contribution in [0, 0.1) is 11.8 Å². The lowest BCUT2D eigenvalue weighted by atomic mass is 9.82. The number of likely N-dealkylation sites (N-methyl/N-ethyl adjacent to an activating group) is 1. The Bertz CT molecular complexity index is 1450. The summed E-state index contributed by atoms with van der Waals surface area (Å²) in [6.07, 6.45) is -4.10. The maximum absolute atomic E-state index is 13.3. The number of allylic oxidation sites excluding steroid dienone is 2. The summed E-state index contributed by atoms with van der Waals surface area (Å²) >= 11 is 0. The standard InChI is InChI=1S/C42H67NO16/c1-12-32(47)57-30-17-15-13-14-16-24(3)52-33(48)21-31(55-27(6)45)39(51-11)38(29(18-19-44)20-23(30)2)59-41-36(49)35(43(9)10)37(25(4)54-41)58-34-22-42(8,50)40(26(5)53-34)56-28(7)46/h13-15,17,19,23-26,29-31,34-41,49-50H,12,16,18,20-22H2,1-11H3/t23-,24-,25?,26?,29+,30+,31-,34+,35+,36?,37-,38+,39+,40+,41+,42+/m1/s1. The SMILES string of the molecule is CCC(=O)O[C@H]1C=CC=CC[C@@H](C)OC(=O)C[C@@H](OC(C)=O)[C@H](OC)[C@@H](O[C@@H]2OC(C)[C@@H](O[C@H]3C[C@](C)(O)[C@@H](OC(C)=O)C(C)O3)[C@@H](N(C)C)C2O)[C@@H](CC=O)C[C@H]1C. The van der Waals surface area contributed by atoms with Gasteiger partial charge in [0.2, 0.25) is 0 Å². The molecule has 16 atom stereocenters. The smallest absolute Gasteiger partial charge is 0.309 e. The van der Waals surface area contributed by atoms with Gasteiger partial charge in [0, 0.05) is 46.6 Å². The molecule has 2 saturated heterocycles. The Kier molecular flexibility index (Phi) is 19.6. The summed E-state index contributed by atoms with van der Waals surface area (Å²) in [4.78, 5) is 64.4. The van der Waals surface area contributed by atoms with Gasteiger partial charge in [-0.3, -0.25) is 19.2 Å². The van der Waals surface area contributed by atoms with Crippen LogP contribution in [0.1, 0.15) is 93.9 Å². The summed E-state index contributed by atoms with van der Waals surface area (Å²) in [6.45, 7) is 12.6. The van der Waals surface area contributed by atoms with Crippen LogP contribution in [0.3, 0.4) is 0 Å². The molecule has 3 unspecified atom stereocenters. The van der Waals surface area contributed by atoms with Crippen LogP contribution in [0.15, 0.2) is 24.3 Å². The van der Waals surface area contributed by atoms with Gasteiger partial charge in [0.25, 0.3) is 0 Å². The molecule has 336 valence electrons. The third kappa shape index (κ3) is 14.4. The highest BCUT2D eigenvalue weighted by Crippen LogP contribution is 2.38. The number of methoxy groups -OCH3 is 1. The number of hydrogen-bond donors (Lipinski definition) is 2. The monoisotopic (exact) mass is 841 g/mol. The molecule has 0 aromatic heterocycles. The molecule has 17 nitrogen and oxygen atoms in total. The van der Waals surface area contributed by atoms with E-state index >= 15 is 0 Å². The van der Waals surface area contributed by atoms with E-state index in [1.54, 1.807) is 64.9 Å². The van der Waals surface area contributed by atoms with Crippen molar-refractivity contribution in [3.05, 3.63) is 24.3 Å². The van der Waals surface area contributed by atoms with Crippen LogP contribution < -0.4 is 0 Å². The predicted molar refractivity (Wildman–Crippen MR) is 210 cm³/mol. The number of aldehydes is 1. The van der Waals surface area contributed by atoms with Crippen molar-refractivity contribution < 1.29 is 76.8 Å². The molecule has 0 saturated carbocycles. The second-order valence-corrected chi connectivity index (χ2v) is 16.3. The lowest BCUT2D eigenvalue weighted by molar-refractivity contribution is -0.344. The predicted octanol–water partition coefficient (Wildman–Crippen LogP) is 2.95. The van der Waals surface area contributed by atoms with Crippen LogP contribution in [0.25, 0.3) is 0 Å². The molecule has 0 aromatic carbocycles. The first kappa shape index (κ1) is 50.1. The normalized spacial score (nSPS) is 38.9. The maximum Gasteiger partial charge on any atom is 0.309 e. The van der Waals surface area contributed by atoms with E-state index in [0.717, 1.165) is 0 Å². The number of aliphatic hydroxyl groups is 2. The second kappa shape index (κ2) is 23.1. The van der Waals surface area contributed by atoms with Crippen molar-refractivity contribution in [3.63, 3.8) is 0 Å². The summed E-state index contributed by atoms with van der Waals surface area (Å²) in [5.41, 5.74) is -1.50. The molecule has 59 heavy (non-hydrogen) atoms. The highest BCUT2D eigenvalue weighted by Gasteiger charge is 2.53. The van der Waals surface area contributed by atoms with Crippen LogP contribution in [-0.2, 0) is 66.6 Å². The zero-order valence-corrected chi connectivity index (χ0v) is 36.3. The van der Waals surface area contributed by atoms with Crippen molar-refractivity contribution in [2.75, 3.05) is 21.2 Å². The average Bonchev–Trinajstić information content (AvgIpc) is 3.12. The number of nitrogens with zero attached hydrogens (tertiary/aromatic N) is 1. The molecule has 3 aliphatic heterocycles. The van der Waals surface area contributed by atoms with Crippen LogP contribution >= 0.6 is 0 Å². The zero-order chi connectivity index (χ0) is 44.2. The lowest BCUT2D eigenvalue weighted by Crippen LogP contribution is -2.66. The molecule has 0 aliphatic carbocycles. The fourth-order valence-corrected chi connectivity index (χ4v) is 8.12. The van der Waals surface area contributed by atoms with E-state index in [9.17, 15) is 34.2 Å².